The van der Waals surface area contributed by atoms with Gasteiger partial charge in [-0.15, -0.1) is 0 Å². The van der Waals surface area contributed by atoms with E-state index in [0.29, 0.717) is 12.1 Å². The van der Waals surface area contributed by atoms with Gasteiger partial charge in [0, 0.05) is 6.04 Å². The average molecular weight is 222 g/mol. The number of amidine groups is 1. The Balaban J connectivity index is 1.90. The van der Waals surface area contributed by atoms with Crippen LogP contribution in [0.5, 0.6) is 0 Å². The molecule has 2 aliphatic rings. The lowest BCUT2D eigenvalue weighted by molar-refractivity contribution is 0.421. The van der Waals surface area contributed by atoms with Crippen molar-refractivity contribution in [3.63, 3.8) is 0 Å². The highest BCUT2D eigenvalue weighted by atomic mass is 15.1. The summed E-state index contributed by atoms with van der Waals surface area (Å²) in [6.07, 6.45) is 11.0. The van der Waals surface area contributed by atoms with Crippen LogP contribution in [0.15, 0.2) is 4.99 Å². The lowest BCUT2D eigenvalue weighted by Gasteiger charge is -2.18. The van der Waals surface area contributed by atoms with E-state index in [1.165, 1.54) is 57.2 Å². The van der Waals surface area contributed by atoms with Crippen molar-refractivity contribution in [1.82, 2.24) is 5.32 Å². The maximum Gasteiger partial charge on any atom is 0.0938 e. The van der Waals surface area contributed by atoms with Gasteiger partial charge in [0.2, 0.25) is 0 Å². The van der Waals surface area contributed by atoms with Crippen LogP contribution >= 0.6 is 0 Å². The van der Waals surface area contributed by atoms with E-state index >= 15 is 0 Å². The summed E-state index contributed by atoms with van der Waals surface area (Å²) in [4.78, 5) is 4.74. The summed E-state index contributed by atoms with van der Waals surface area (Å²) in [5, 5.41) is 3.56. The van der Waals surface area contributed by atoms with E-state index < -0.39 is 0 Å². The Morgan fingerprint density at radius 2 is 1.75 bits per heavy atom. The predicted molar refractivity (Wildman–Crippen MR) is 69.9 cm³/mol. The van der Waals surface area contributed by atoms with Gasteiger partial charge >= 0.3 is 0 Å². The first kappa shape index (κ1) is 11.9. The maximum atomic E-state index is 4.74. The molecule has 0 amide bonds. The van der Waals surface area contributed by atoms with E-state index in [1.807, 2.05) is 0 Å². The Kier molecular flexibility index (Phi) is 4.25. The summed E-state index contributed by atoms with van der Waals surface area (Å²) in [5.41, 5.74) is 0. The Hall–Kier alpha value is -0.530. The molecule has 1 fully saturated rings. The molecule has 92 valence electrons. The molecule has 0 aromatic rings. The molecule has 0 radical (unpaired) electrons. The molecule has 1 N–H and O–H groups in total. The Bertz CT molecular complexity index is 247. The highest BCUT2D eigenvalue weighted by Crippen LogP contribution is 2.24. The quantitative estimate of drug-likeness (QED) is 0.666. The van der Waals surface area contributed by atoms with Gasteiger partial charge in [-0.2, -0.15) is 0 Å². The maximum absolute atomic E-state index is 4.74. The molecular weight excluding hydrogens is 196 g/mol. The van der Waals surface area contributed by atoms with Crippen LogP contribution in [-0.4, -0.2) is 17.9 Å². The van der Waals surface area contributed by atoms with Gasteiger partial charge in [0.1, 0.15) is 0 Å². The smallest absolute Gasteiger partial charge is 0.0938 e. The van der Waals surface area contributed by atoms with Crippen molar-refractivity contribution in [3.8, 4) is 0 Å². The minimum atomic E-state index is 0.577. The fourth-order valence-corrected chi connectivity index (χ4v) is 3.12. The highest BCUT2D eigenvalue weighted by molar-refractivity contribution is 5.81. The van der Waals surface area contributed by atoms with E-state index in [1.54, 1.807) is 0 Å². The molecule has 2 rings (SSSR count). The van der Waals surface area contributed by atoms with Crippen molar-refractivity contribution in [1.29, 1.82) is 0 Å². The lowest BCUT2D eigenvalue weighted by Crippen LogP contribution is -2.33. The van der Waals surface area contributed by atoms with Crippen molar-refractivity contribution in [2.45, 2.75) is 77.3 Å². The second-order valence-corrected chi connectivity index (χ2v) is 5.71. The van der Waals surface area contributed by atoms with Crippen LogP contribution in [0.2, 0.25) is 0 Å². The van der Waals surface area contributed by atoms with Gasteiger partial charge in [0.05, 0.1) is 11.9 Å². The van der Waals surface area contributed by atoms with Gasteiger partial charge in [-0.25, -0.2) is 0 Å². The van der Waals surface area contributed by atoms with E-state index in [0.717, 1.165) is 5.92 Å². The zero-order valence-electron chi connectivity index (χ0n) is 10.8. The molecule has 2 unspecified atom stereocenters. The van der Waals surface area contributed by atoms with Crippen LogP contribution in [0.1, 0.15) is 65.2 Å². The zero-order valence-corrected chi connectivity index (χ0v) is 10.8. The molecule has 2 heteroatoms. The van der Waals surface area contributed by atoms with Crippen LogP contribution in [0.4, 0.5) is 0 Å². The van der Waals surface area contributed by atoms with Gasteiger partial charge in [0.25, 0.3) is 0 Å². The summed E-state index contributed by atoms with van der Waals surface area (Å²) in [6.45, 7) is 4.53. The van der Waals surface area contributed by atoms with Crippen molar-refractivity contribution in [3.05, 3.63) is 0 Å². The summed E-state index contributed by atoms with van der Waals surface area (Å²) >= 11 is 0. The third kappa shape index (κ3) is 3.23. The van der Waals surface area contributed by atoms with E-state index in [2.05, 4.69) is 19.2 Å². The molecule has 16 heavy (non-hydrogen) atoms. The van der Waals surface area contributed by atoms with E-state index in [4.69, 9.17) is 4.99 Å². The number of aliphatic imine (C=N–C) groups is 1. The van der Waals surface area contributed by atoms with Crippen molar-refractivity contribution < 1.29 is 0 Å². The second kappa shape index (κ2) is 5.70. The topological polar surface area (TPSA) is 24.4 Å². The van der Waals surface area contributed by atoms with Crippen LogP contribution < -0.4 is 5.32 Å². The molecule has 3 atom stereocenters. The number of hydrogen-bond acceptors (Lipinski definition) is 2. The number of rotatable bonds is 0. The Labute approximate surface area is 99.9 Å². The average Bonchev–Trinajstić information content (AvgIpc) is 2.56. The van der Waals surface area contributed by atoms with Gasteiger partial charge in [-0.1, -0.05) is 45.4 Å². The van der Waals surface area contributed by atoms with Crippen LogP contribution in [-0.2, 0) is 0 Å². The molecule has 0 aromatic carbocycles. The fourth-order valence-electron chi connectivity index (χ4n) is 3.12. The normalized spacial score (nSPS) is 36.9. The van der Waals surface area contributed by atoms with Gasteiger partial charge in [-0.3, -0.25) is 4.99 Å². The molecular formula is C14H26N2. The lowest BCUT2D eigenvalue weighted by atomic mass is 9.96. The monoisotopic (exact) mass is 222 g/mol. The van der Waals surface area contributed by atoms with Gasteiger partial charge < -0.3 is 5.32 Å². The number of hydrogen-bond donors (Lipinski definition) is 1. The van der Waals surface area contributed by atoms with Crippen LogP contribution in [0.3, 0.4) is 0 Å². The molecule has 0 bridgehead atoms. The molecule has 1 aliphatic carbocycles. The molecule has 1 saturated carbocycles. The first-order valence-electron chi connectivity index (χ1n) is 7.06. The second-order valence-electron chi connectivity index (χ2n) is 5.71. The van der Waals surface area contributed by atoms with Crippen LogP contribution in [0.25, 0.3) is 0 Å². The summed E-state index contributed by atoms with van der Waals surface area (Å²) < 4.78 is 0. The minimum absolute atomic E-state index is 0.577. The minimum Gasteiger partial charge on any atom is -0.369 e. The molecule has 0 aromatic heterocycles. The van der Waals surface area contributed by atoms with Crippen molar-refractivity contribution in [2.24, 2.45) is 10.9 Å². The summed E-state index contributed by atoms with van der Waals surface area (Å²) in [5.74, 6) is 2.10. The van der Waals surface area contributed by atoms with Crippen molar-refractivity contribution >= 4 is 5.84 Å². The number of nitrogens with one attached hydrogen (secondary N) is 1. The predicted octanol–water partition coefficient (Wildman–Crippen LogP) is 3.52. The molecule has 0 spiro atoms. The van der Waals surface area contributed by atoms with Gasteiger partial charge in [0.15, 0.2) is 0 Å². The van der Waals surface area contributed by atoms with E-state index in [-0.39, 0.29) is 0 Å². The third-order valence-corrected chi connectivity index (χ3v) is 4.13. The first-order chi connectivity index (χ1) is 7.75. The molecule has 2 nitrogen and oxygen atoms in total. The number of nitrogens with zero attached hydrogens (tertiary/aromatic N) is 1. The standard InChI is InChI=1S/C14H26N2/c1-11-7-4-3-5-9-13-14(10-6-8-11)16-12(2)15-13/h11,13-14H,3-10H2,1-2H3,(H,15,16)/t11?,13?,14-/m0/s1. The first-order valence-corrected chi connectivity index (χ1v) is 7.06. The fraction of sp³-hybridized carbons (Fsp3) is 0.929. The Morgan fingerprint density at radius 1 is 1.00 bits per heavy atom. The molecule has 1 heterocycles. The van der Waals surface area contributed by atoms with Crippen molar-refractivity contribution in [2.75, 3.05) is 0 Å². The number of fused-ring (bicyclic) bond motifs is 1. The highest BCUT2D eigenvalue weighted by Gasteiger charge is 2.26. The summed E-state index contributed by atoms with van der Waals surface area (Å²) in [6, 6.07) is 1.22. The molecule has 0 saturated heterocycles. The van der Waals surface area contributed by atoms with E-state index in [9.17, 15) is 0 Å². The molecule has 1 aliphatic heterocycles. The zero-order chi connectivity index (χ0) is 11.4. The Morgan fingerprint density at radius 3 is 2.62 bits per heavy atom. The SMILES string of the molecule is CC1=NC2CCCCCC(C)CCC[C@@H]2N1. The van der Waals surface area contributed by atoms with Gasteiger partial charge in [-0.05, 0) is 25.7 Å². The largest absolute Gasteiger partial charge is 0.369 e. The van der Waals surface area contributed by atoms with Crippen LogP contribution in [0, 0.1) is 5.92 Å². The summed E-state index contributed by atoms with van der Waals surface area (Å²) in [7, 11) is 0. The third-order valence-electron chi connectivity index (χ3n) is 4.13.